The van der Waals surface area contributed by atoms with Crippen LogP contribution in [0.5, 0.6) is 5.75 Å². The molecule has 1 aromatic heterocycles. The molecule has 6 nitrogen and oxygen atoms in total. The third-order valence-corrected chi connectivity index (χ3v) is 3.60. The van der Waals surface area contributed by atoms with E-state index >= 15 is 0 Å². The van der Waals surface area contributed by atoms with Crippen molar-refractivity contribution >= 4 is 5.91 Å². The van der Waals surface area contributed by atoms with Crippen molar-refractivity contribution in [2.75, 3.05) is 26.8 Å². The maximum atomic E-state index is 12.6. The van der Waals surface area contributed by atoms with Gasteiger partial charge in [0.1, 0.15) is 11.9 Å². The van der Waals surface area contributed by atoms with Crippen LogP contribution >= 0.6 is 0 Å². The second-order valence-corrected chi connectivity index (χ2v) is 4.97. The highest BCUT2D eigenvalue weighted by atomic mass is 16.5. The van der Waals surface area contributed by atoms with E-state index in [1.54, 1.807) is 54.9 Å². The first-order chi connectivity index (χ1) is 10.8. The molecule has 1 aromatic carbocycles. The van der Waals surface area contributed by atoms with E-state index in [-0.39, 0.29) is 12.0 Å². The van der Waals surface area contributed by atoms with Crippen LogP contribution in [0.2, 0.25) is 0 Å². The molecule has 114 valence electrons. The molecule has 1 aliphatic heterocycles. The van der Waals surface area contributed by atoms with Crippen molar-refractivity contribution in [3.63, 3.8) is 0 Å². The topological polar surface area (TPSA) is 64.5 Å². The number of nitrogens with zero attached hydrogens (tertiary/aromatic N) is 3. The van der Waals surface area contributed by atoms with E-state index in [1.165, 1.54) is 0 Å². The van der Waals surface area contributed by atoms with E-state index < -0.39 is 0 Å². The van der Waals surface area contributed by atoms with Gasteiger partial charge in [0, 0.05) is 24.5 Å². The zero-order chi connectivity index (χ0) is 15.4. The van der Waals surface area contributed by atoms with Crippen LogP contribution in [-0.2, 0) is 4.74 Å². The Morgan fingerprint density at radius 3 is 2.82 bits per heavy atom. The summed E-state index contributed by atoms with van der Waals surface area (Å²) < 4.78 is 10.8. The number of rotatable bonds is 3. The Hall–Kier alpha value is -2.47. The van der Waals surface area contributed by atoms with E-state index in [9.17, 15) is 4.79 Å². The monoisotopic (exact) mass is 299 g/mol. The molecule has 0 unspecified atom stereocenters. The maximum Gasteiger partial charge on any atom is 0.254 e. The molecule has 0 spiro atoms. The lowest BCUT2D eigenvalue weighted by Gasteiger charge is -2.32. The van der Waals surface area contributed by atoms with Crippen LogP contribution in [0.3, 0.4) is 0 Å². The maximum absolute atomic E-state index is 12.6. The first kappa shape index (κ1) is 14.5. The number of carbonyl (C=O) groups is 1. The van der Waals surface area contributed by atoms with Crippen molar-refractivity contribution in [3.05, 3.63) is 54.1 Å². The number of amides is 1. The molecular weight excluding hydrogens is 282 g/mol. The lowest BCUT2D eigenvalue weighted by molar-refractivity contribution is -0.0249. The molecule has 3 rings (SSSR count). The summed E-state index contributed by atoms with van der Waals surface area (Å²) in [6.45, 7) is 1.54. The molecule has 0 saturated carbocycles. The fourth-order valence-corrected chi connectivity index (χ4v) is 2.41. The van der Waals surface area contributed by atoms with Gasteiger partial charge in [0.05, 0.1) is 32.2 Å². The molecule has 22 heavy (non-hydrogen) atoms. The summed E-state index contributed by atoms with van der Waals surface area (Å²) in [6, 6.07) is 7.11. The molecule has 1 saturated heterocycles. The Morgan fingerprint density at radius 1 is 1.32 bits per heavy atom. The van der Waals surface area contributed by atoms with Crippen LogP contribution in [0.1, 0.15) is 22.2 Å². The van der Waals surface area contributed by atoms with Gasteiger partial charge in [0.15, 0.2) is 0 Å². The number of morpholine rings is 1. The Labute approximate surface area is 128 Å². The molecule has 1 atom stereocenters. The van der Waals surface area contributed by atoms with Crippen molar-refractivity contribution in [1.29, 1.82) is 0 Å². The van der Waals surface area contributed by atoms with E-state index in [4.69, 9.17) is 9.47 Å². The molecule has 6 heteroatoms. The third-order valence-electron chi connectivity index (χ3n) is 3.60. The van der Waals surface area contributed by atoms with Gasteiger partial charge in [0.25, 0.3) is 5.91 Å². The van der Waals surface area contributed by atoms with Gasteiger partial charge < -0.3 is 14.4 Å². The number of methoxy groups -OCH3 is 1. The summed E-state index contributed by atoms with van der Waals surface area (Å²) in [4.78, 5) is 22.6. The summed E-state index contributed by atoms with van der Waals surface area (Å²) in [5.74, 6) is 0.718. The van der Waals surface area contributed by atoms with Crippen LogP contribution in [-0.4, -0.2) is 47.6 Å². The van der Waals surface area contributed by atoms with Crippen LogP contribution in [0.15, 0.2) is 42.9 Å². The van der Waals surface area contributed by atoms with Crippen molar-refractivity contribution in [2.45, 2.75) is 6.10 Å². The molecule has 0 aliphatic carbocycles. The Bertz CT molecular complexity index is 631. The van der Waals surface area contributed by atoms with Crippen molar-refractivity contribution < 1.29 is 14.3 Å². The predicted molar refractivity (Wildman–Crippen MR) is 79.6 cm³/mol. The SMILES string of the molecule is COc1ccc(C(=O)N2CCO[C@@H](c3cnccn3)C2)cc1. The third kappa shape index (κ3) is 3.07. The Morgan fingerprint density at radius 2 is 2.14 bits per heavy atom. The summed E-state index contributed by atoms with van der Waals surface area (Å²) in [5.41, 5.74) is 1.38. The van der Waals surface area contributed by atoms with Crippen LogP contribution in [0.25, 0.3) is 0 Å². The number of benzene rings is 1. The van der Waals surface area contributed by atoms with Crippen molar-refractivity contribution in [1.82, 2.24) is 14.9 Å². The normalized spacial score (nSPS) is 18.0. The molecule has 2 aromatic rings. The number of ether oxygens (including phenoxy) is 2. The molecule has 2 heterocycles. The molecule has 0 N–H and O–H groups in total. The van der Waals surface area contributed by atoms with Crippen molar-refractivity contribution in [2.24, 2.45) is 0 Å². The molecule has 1 aliphatic rings. The molecule has 0 bridgehead atoms. The van der Waals surface area contributed by atoms with E-state index in [0.717, 1.165) is 11.4 Å². The summed E-state index contributed by atoms with van der Waals surface area (Å²) in [5, 5.41) is 0. The molecule has 1 fully saturated rings. The van der Waals surface area contributed by atoms with Crippen LogP contribution in [0, 0.1) is 0 Å². The number of hydrogen-bond acceptors (Lipinski definition) is 5. The fraction of sp³-hybridized carbons (Fsp3) is 0.312. The first-order valence-electron chi connectivity index (χ1n) is 7.09. The fourth-order valence-electron chi connectivity index (χ4n) is 2.41. The van der Waals surface area contributed by atoms with Gasteiger partial charge in [-0.3, -0.25) is 14.8 Å². The molecular formula is C16H17N3O3. The second-order valence-electron chi connectivity index (χ2n) is 4.97. The lowest BCUT2D eigenvalue weighted by Crippen LogP contribution is -2.42. The summed E-state index contributed by atoms with van der Waals surface area (Å²) in [7, 11) is 1.60. The number of aromatic nitrogens is 2. The number of hydrogen-bond donors (Lipinski definition) is 0. The highest BCUT2D eigenvalue weighted by Gasteiger charge is 2.27. The molecule has 1 amide bonds. The van der Waals surface area contributed by atoms with Crippen molar-refractivity contribution in [3.8, 4) is 5.75 Å². The van der Waals surface area contributed by atoms with Crippen LogP contribution < -0.4 is 4.74 Å². The summed E-state index contributed by atoms with van der Waals surface area (Å²) >= 11 is 0. The zero-order valence-corrected chi connectivity index (χ0v) is 12.3. The standard InChI is InChI=1S/C16H17N3O3/c1-21-13-4-2-12(3-5-13)16(20)19-8-9-22-15(11-19)14-10-17-6-7-18-14/h2-7,10,15H,8-9,11H2,1H3/t15-/m1/s1. The highest BCUT2D eigenvalue weighted by Crippen LogP contribution is 2.21. The van der Waals surface area contributed by atoms with Crippen LogP contribution in [0.4, 0.5) is 0 Å². The Balaban J connectivity index is 1.72. The minimum absolute atomic E-state index is 0.0140. The van der Waals surface area contributed by atoms with Gasteiger partial charge >= 0.3 is 0 Å². The van der Waals surface area contributed by atoms with E-state index in [0.29, 0.717) is 25.3 Å². The average Bonchev–Trinajstić information content (AvgIpc) is 2.62. The number of carbonyl (C=O) groups excluding carboxylic acids is 1. The highest BCUT2D eigenvalue weighted by molar-refractivity contribution is 5.94. The zero-order valence-electron chi connectivity index (χ0n) is 12.3. The van der Waals surface area contributed by atoms with E-state index in [2.05, 4.69) is 9.97 Å². The lowest BCUT2D eigenvalue weighted by atomic mass is 10.1. The minimum Gasteiger partial charge on any atom is -0.497 e. The predicted octanol–water partition coefficient (Wildman–Crippen LogP) is 1.70. The summed E-state index contributed by atoms with van der Waals surface area (Å²) in [6.07, 6.45) is 4.69. The first-order valence-corrected chi connectivity index (χ1v) is 7.09. The van der Waals surface area contributed by atoms with Gasteiger partial charge in [-0.1, -0.05) is 0 Å². The van der Waals surface area contributed by atoms with Gasteiger partial charge in [-0.05, 0) is 24.3 Å². The second kappa shape index (κ2) is 6.53. The largest absolute Gasteiger partial charge is 0.497 e. The quantitative estimate of drug-likeness (QED) is 0.863. The van der Waals surface area contributed by atoms with Gasteiger partial charge in [-0.25, -0.2) is 0 Å². The minimum atomic E-state index is -0.232. The molecule has 0 radical (unpaired) electrons. The van der Waals surface area contributed by atoms with E-state index in [1.807, 2.05) is 0 Å². The van der Waals surface area contributed by atoms with Gasteiger partial charge in [0.2, 0.25) is 0 Å². The smallest absolute Gasteiger partial charge is 0.254 e. The Kier molecular flexibility index (Phi) is 4.29. The van der Waals surface area contributed by atoms with Gasteiger partial charge in [-0.2, -0.15) is 0 Å². The van der Waals surface area contributed by atoms with Gasteiger partial charge in [-0.15, -0.1) is 0 Å². The average molecular weight is 299 g/mol.